The summed E-state index contributed by atoms with van der Waals surface area (Å²) < 4.78 is 5.70. The smallest absolute Gasteiger partial charge is 0.223 e. The summed E-state index contributed by atoms with van der Waals surface area (Å²) in [6.07, 6.45) is 4.04. The Bertz CT molecular complexity index is 323. The quantitative estimate of drug-likeness (QED) is 0.557. The van der Waals surface area contributed by atoms with Gasteiger partial charge in [-0.1, -0.05) is 48.0 Å². The Morgan fingerprint density at radius 3 is 2.23 bits per heavy atom. The third-order valence-electron chi connectivity index (χ3n) is 4.12. The molecule has 3 heteroatoms. The lowest BCUT2D eigenvalue weighted by atomic mass is 9.80. The van der Waals surface area contributed by atoms with Crippen LogP contribution in [0.2, 0.25) is 0 Å². The lowest BCUT2D eigenvalue weighted by molar-refractivity contribution is -0.127. The highest BCUT2D eigenvalue weighted by Crippen LogP contribution is 2.29. The molecule has 0 radical (unpaired) electrons. The lowest BCUT2D eigenvalue weighted by Crippen LogP contribution is -2.48. The zero-order valence-corrected chi connectivity index (χ0v) is 16.2. The molecule has 0 spiro atoms. The summed E-state index contributed by atoms with van der Waals surface area (Å²) in [6, 6.07) is 0. The maximum atomic E-state index is 12.4. The molecule has 0 heterocycles. The molecule has 3 nitrogen and oxygen atoms in total. The second-order valence-corrected chi connectivity index (χ2v) is 8.42. The molecule has 1 amide bonds. The first-order valence-electron chi connectivity index (χ1n) is 8.92. The lowest BCUT2D eigenvalue weighted by Gasteiger charge is -2.36. The van der Waals surface area contributed by atoms with Gasteiger partial charge in [-0.3, -0.25) is 4.79 Å². The Kier molecular flexibility index (Phi) is 9.30. The molecule has 2 unspecified atom stereocenters. The zero-order chi connectivity index (χ0) is 17.4. The van der Waals surface area contributed by atoms with E-state index in [1.165, 1.54) is 0 Å². The Morgan fingerprint density at radius 2 is 1.73 bits per heavy atom. The van der Waals surface area contributed by atoms with Gasteiger partial charge in [-0.05, 0) is 44.4 Å². The van der Waals surface area contributed by atoms with Crippen molar-refractivity contribution >= 4 is 5.91 Å². The average Bonchev–Trinajstić information content (AvgIpc) is 2.36. The van der Waals surface area contributed by atoms with Crippen molar-refractivity contribution in [1.82, 2.24) is 5.32 Å². The number of hydrogen-bond donors (Lipinski definition) is 1. The summed E-state index contributed by atoms with van der Waals surface area (Å²) in [5, 5.41) is 3.24. The van der Waals surface area contributed by atoms with E-state index >= 15 is 0 Å². The van der Waals surface area contributed by atoms with Crippen molar-refractivity contribution in [3.05, 3.63) is 0 Å². The number of ether oxygens (including phenoxy) is 1. The third-order valence-corrected chi connectivity index (χ3v) is 4.12. The zero-order valence-electron chi connectivity index (χ0n) is 16.2. The highest BCUT2D eigenvalue weighted by atomic mass is 16.5. The van der Waals surface area contributed by atoms with Crippen molar-refractivity contribution in [3.63, 3.8) is 0 Å². The van der Waals surface area contributed by atoms with E-state index in [-0.39, 0.29) is 22.8 Å². The molecule has 0 saturated heterocycles. The van der Waals surface area contributed by atoms with E-state index in [1.807, 2.05) is 6.92 Å². The summed E-state index contributed by atoms with van der Waals surface area (Å²) in [7, 11) is 0. The van der Waals surface area contributed by atoms with Gasteiger partial charge in [0, 0.05) is 18.1 Å². The topological polar surface area (TPSA) is 38.3 Å². The number of amides is 1. The number of carbonyl (C=O) groups is 1. The van der Waals surface area contributed by atoms with Crippen molar-refractivity contribution in [2.45, 2.75) is 86.6 Å². The highest BCUT2D eigenvalue weighted by molar-refractivity contribution is 5.79. The molecule has 0 aromatic carbocycles. The summed E-state index contributed by atoms with van der Waals surface area (Å²) in [6.45, 7) is 18.7. The fraction of sp³-hybridized carbons (Fsp3) is 0.947. The van der Waals surface area contributed by atoms with Crippen molar-refractivity contribution in [3.8, 4) is 0 Å². The molecule has 0 aromatic heterocycles. The molecule has 0 aliphatic heterocycles. The molecule has 0 aliphatic carbocycles. The van der Waals surface area contributed by atoms with Crippen LogP contribution in [0.25, 0.3) is 0 Å². The molecule has 2 atom stereocenters. The van der Waals surface area contributed by atoms with E-state index in [0.29, 0.717) is 5.92 Å². The van der Waals surface area contributed by atoms with Gasteiger partial charge in [-0.15, -0.1) is 0 Å². The summed E-state index contributed by atoms with van der Waals surface area (Å²) in [4.78, 5) is 12.4. The van der Waals surface area contributed by atoms with E-state index in [2.05, 4.69) is 53.8 Å². The van der Waals surface area contributed by atoms with Crippen LogP contribution in [-0.2, 0) is 9.53 Å². The van der Waals surface area contributed by atoms with Crippen molar-refractivity contribution < 1.29 is 9.53 Å². The molecule has 132 valence electrons. The molecule has 0 aromatic rings. The first kappa shape index (κ1) is 21.4. The summed E-state index contributed by atoms with van der Waals surface area (Å²) in [5.74, 6) is 0.854. The molecule has 0 rings (SSSR count). The molecule has 0 bridgehead atoms. The maximum Gasteiger partial charge on any atom is 0.223 e. The Morgan fingerprint density at radius 1 is 1.14 bits per heavy atom. The van der Waals surface area contributed by atoms with Crippen molar-refractivity contribution in [2.75, 3.05) is 13.2 Å². The second kappa shape index (κ2) is 9.54. The van der Waals surface area contributed by atoms with Gasteiger partial charge in [0.15, 0.2) is 0 Å². The Hall–Kier alpha value is -0.570. The molecule has 0 saturated carbocycles. The molecular weight excluding hydrogens is 274 g/mol. The van der Waals surface area contributed by atoms with Crippen LogP contribution in [0, 0.1) is 17.3 Å². The average molecular weight is 314 g/mol. The predicted octanol–water partition coefficient (Wildman–Crippen LogP) is 4.80. The predicted molar refractivity (Wildman–Crippen MR) is 95.0 cm³/mol. The minimum Gasteiger partial charge on any atom is -0.381 e. The molecule has 0 fully saturated rings. The van der Waals surface area contributed by atoms with Gasteiger partial charge < -0.3 is 10.1 Å². The minimum atomic E-state index is -0.208. The van der Waals surface area contributed by atoms with Crippen molar-refractivity contribution in [1.29, 1.82) is 0 Å². The fourth-order valence-electron chi connectivity index (χ4n) is 3.12. The van der Waals surface area contributed by atoms with Gasteiger partial charge in [-0.25, -0.2) is 0 Å². The summed E-state index contributed by atoms with van der Waals surface area (Å²) in [5.41, 5.74) is -0.147. The normalized spacial score (nSPS) is 15.5. The van der Waals surface area contributed by atoms with Crippen LogP contribution >= 0.6 is 0 Å². The Balaban J connectivity index is 4.45. The molecule has 22 heavy (non-hydrogen) atoms. The van der Waals surface area contributed by atoms with E-state index in [1.54, 1.807) is 0 Å². The monoisotopic (exact) mass is 313 g/mol. The minimum absolute atomic E-state index is 0.0614. The van der Waals surface area contributed by atoms with Crippen LogP contribution < -0.4 is 5.32 Å². The molecule has 1 N–H and O–H groups in total. The number of nitrogens with one attached hydrogen (secondary N) is 1. The van der Waals surface area contributed by atoms with Crippen molar-refractivity contribution in [2.24, 2.45) is 17.3 Å². The molecule has 0 aliphatic rings. The van der Waals surface area contributed by atoms with E-state index in [9.17, 15) is 4.79 Å². The third kappa shape index (κ3) is 9.45. The van der Waals surface area contributed by atoms with Gasteiger partial charge in [0.1, 0.15) is 0 Å². The van der Waals surface area contributed by atoms with Gasteiger partial charge in [0.2, 0.25) is 5.91 Å². The van der Waals surface area contributed by atoms with Crippen LogP contribution in [0.1, 0.15) is 81.1 Å². The fourth-order valence-corrected chi connectivity index (χ4v) is 3.12. The van der Waals surface area contributed by atoms with E-state index in [4.69, 9.17) is 4.74 Å². The molecular formula is C19H39NO2. The van der Waals surface area contributed by atoms with Gasteiger partial charge in [-0.2, -0.15) is 0 Å². The number of rotatable bonds is 11. The van der Waals surface area contributed by atoms with Crippen LogP contribution in [0.4, 0.5) is 0 Å². The first-order chi connectivity index (χ1) is 10.0. The van der Waals surface area contributed by atoms with Crippen LogP contribution in [0.5, 0.6) is 0 Å². The number of hydrogen-bond acceptors (Lipinski definition) is 2. The second-order valence-electron chi connectivity index (χ2n) is 8.42. The SMILES string of the molecule is CCCOCC(C)(C)CC(C)(C)NC(=O)C(C)CC(C)CC. The van der Waals surface area contributed by atoms with Crippen LogP contribution in [0.15, 0.2) is 0 Å². The number of carbonyl (C=O) groups excluding carboxylic acids is 1. The Labute approximate surface area is 138 Å². The van der Waals surface area contributed by atoms with Gasteiger partial charge >= 0.3 is 0 Å². The first-order valence-corrected chi connectivity index (χ1v) is 8.92. The summed E-state index contributed by atoms with van der Waals surface area (Å²) >= 11 is 0. The largest absolute Gasteiger partial charge is 0.381 e. The van der Waals surface area contributed by atoms with E-state index < -0.39 is 0 Å². The maximum absolute atomic E-state index is 12.4. The highest BCUT2D eigenvalue weighted by Gasteiger charge is 2.31. The van der Waals surface area contributed by atoms with Crippen LogP contribution in [-0.4, -0.2) is 24.7 Å². The van der Waals surface area contributed by atoms with E-state index in [0.717, 1.165) is 38.9 Å². The van der Waals surface area contributed by atoms with Crippen LogP contribution in [0.3, 0.4) is 0 Å². The standard InChI is InChI=1S/C19H39NO2/c1-9-11-22-14-18(5,6)13-19(7,8)20-17(21)16(4)12-15(3)10-2/h15-16H,9-14H2,1-8H3,(H,20,21). The van der Waals surface area contributed by atoms with Gasteiger partial charge in [0.25, 0.3) is 0 Å². The van der Waals surface area contributed by atoms with Gasteiger partial charge in [0.05, 0.1) is 6.61 Å².